The average molecular weight is 1680 g/mol. The number of amides is 9. The maximum Gasteiger partial charge on any atom is 0.357 e. The first kappa shape index (κ1) is 86.3. The highest BCUT2D eigenvalue weighted by atomic mass is 32.2. The fourth-order valence-electron chi connectivity index (χ4n) is 12.3. The topological polar surface area (TPSA) is 540 Å². The van der Waals surface area contributed by atoms with Gasteiger partial charge < -0.3 is 88.5 Å². The number of nitrogens with one attached hydrogen (secondary N) is 11. The van der Waals surface area contributed by atoms with Crippen LogP contribution in [0.1, 0.15) is 199 Å². The largest absolute Gasteiger partial charge is 0.477 e. The summed E-state index contributed by atoms with van der Waals surface area (Å²) in [5.74, 6) is -11.5. The molecule has 9 amide bonds. The van der Waals surface area contributed by atoms with Gasteiger partial charge in [0.1, 0.15) is 124 Å². The van der Waals surface area contributed by atoms with Gasteiger partial charge in [-0.1, -0.05) is 70.5 Å². The standard InChI is InChI=1S/C72H84N18O18S6/c1-14-26(3)47-61(102)76-29(6)55(96)73-27(4)54(95)74-30(7)57(98)90-72-19-18-40(65-84-43(22-111-65)58(99)75-28(5)56(97)77-31(8)68(104)105)80-52(72)42-21-112-66(82-42)49(34(11)108-69(106)41-20-37(32(9)91)36-16-17-39(78-47)51(94)50(36)79-41)88-63(109)46-25-113-67(85-46)53(71(13,107)35(12)93)89-60(101)44-23-110-64(83-44)38(15-2)81-62(103)48(33(10)92)87-59(100)45-24-114-70(72)86-45/h15-17,20-22,24-26,29-30,32-35,39,44,47-49,51-53,78,91-94,107H,4-5,8,14,18-19,23H2,1-3,6-7,9-13H3,(H,73,96)(H,74,95)(H,75,99)(H,76,102)(H,77,97)(H,81,103)(H,87,100)(H,88,109)(H,89,101)(H,90,98)(H,104,105)/b38-15+/t26-,29+,30-,32+,33-,34-,35+,39-,44+,47-,48-,49+,51-,52-,53+,71+,72+/m0/s1. The Kier molecular flexibility index (Phi) is 27.0. The number of cyclic esters (lactones) is 1. The SMILES string of the molecule is C=C(NC(=O)C(=C)NC(=O)c1csc(C2=N[C@H]3c4csc(n4)[C@@H]4NC(=S)c5csc(n5)[C@H]([C@](C)(O)[C@@H](C)O)NC(=O)[C@H]5CSC(=N5)/C(=C\C)NC(=O)[C@H]([C@H](C)O)NC(=O)c5csc(n5)[C@]3(CC2)NC(=O)[C@H](C)NC(=O)C(=C)NC(=O)[C@@H](C)NC(=O)[C@H]([C@@H](C)CC)N[C@H]2C=Cc3c([C@@H](C)O)cc(nc3[C@H]2O)C(=O)O[C@H]4C)n1)C(=O)O. The van der Waals surface area contributed by atoms with Crippen molar-refractivity contribution < 1.29 is 88.1 Å². The van der Waals surface area contributed by atoms with Crippen LogP contribution in [0.4, 0.5) is 0 Å². The van der Waals surface area contributed by atoms with Crippen LogP contribution in [-0.2, 0) is 48.6 Å². The Morgan fingerprint density at radius 2 is 1.48 bits per heavy atom. The summed E-state index contributed by atoms with van der Waals surface area (Å²) < 4.78 is 6.35. The summed E-state index contributed by atoms with van der Waals surface area (Å²) in [6.07, 6.45) is -2.84. The molecule has 5 aliphatic rings. The first-order chi connectivity index (χ1) is 53.7. The molecule has 0 fully saturated rings. The Labute approximate surface area is 677 Å². The van der Waals surface area contributed by atoms with E-state index in [-0.39, 0.29) is 99.7 Å². The van der Waals surface area contributed by atoms with Crippen molar-refractivity contribution in [3.8, 4) is 0 Å². The molecule has 0 radical (unpaired) electrons. The van der Waals surface area contributed by atoms with Crippen LogP contribution < -0.4 is 58.5 Å². The van der Waals surface area contributed by atoms with Gasteiger partial charge in [0.15, 0.2) is 0 Å². The van der Waals surface area contributed by atoms with Gasteiger partial charge in [0.25, 0.3) is 23.6 Å². The Balaban J connectivity index is 1.18. The van der Waals surface area contributed by atoms with Crippen molar-refractivity contribution in [3.05, 3.63) is 148 Å². The van der Waals surface area contributed by atoms with Gasteiger partial charge in [-0.05, 0) is 85.8 Å². The number of carboxylic acid groups (broad SMARTS) is 1. The quantitative estimate of drug-likeness (QED) is 0.0482. The number of carboxylic acids is 1. The lowest BCUT2D eigenvalue weighted by Gasteiger charge is -2.41. The molecule has 0 saturated heterocycles. The molecule has 17 atom stereocenters. The Morgan fingerprint density at radius 3 is 2.16 bits per heavy atom. The predicted molar refractivity (Wildman–Crippen MR) is 424 cm³/mol. The summed E-state index contributed by atoms with van der Waals surface area (Å²) in [5.41, 5.74) is -6.56. The number of carbonyl (C=O) groups excluding carboxylic acids is 10. The first-order valence-corrected chi connectivity index (χ1v) is 40.5. The first-order valence-electron chi connectivity index (χ1n) is 35.6. The van der Waals surface area contributed by atoms with Gasteiger partial charge in [-0.15, -0.1) is 57.1 Å². The maximum absolute atomic E-state index is 15.4. The van der Waals surface area contributed by atoms with E-state index >= 15 is 9.59 Å². The summed E-state index contributed by atoms with van der Waals surface area (Å²) in [6.45, 7) is 25.1. The molecular formula is C72H84N18O18S6. The summed E-state index contributed by atoms with van der Waals surface area (Å²) in [5, 5.41) is 103. The highest BCUT2D eigenvalue weighted by Gasteiger charge is 2.51. The van der Waals surface area contributed by atoms with E-state index in [1.165, 1.54) is 82.1 Å². The number of esters is 1. The van der Waals surface area contributed by atoms with Crippen molar-refractivity contribution in [3.63, 3.8) is 0 Å². The molecule has 0 spiro atoms. The van der Waals surface area contributed by atoms with E-state index in [1.807, 2.05) is 12.2 Å². The summed E-state index contributed by atoms with van der Waals surface area (Å²) in [7, 11) is 0. The second-order valence-corrected chi connectivity index (χ2v) is 32.7. The highest BCUT2D eigenvalue weighted by molar-refractivity contribution is 8.14. The Morgan fingerprint density at radius 1 is 0.781 bits per heavy atom. The van der Waals surface area contributed by atoms with Gasteiger partial charge in [-0.25, -0.2) is 34.5 Å². The van der Waals surface area contributed by atoms with Gasteiger partial charge in [-0.3, -0.25) is 58.5 Å². The zero-order valence-corrected chi connectivity index (χ0v) is 67.8. The van der Waals surface area contributed by atoms with Gasteiger partial charge in [-0.2, -0.15) is 0 Å². The van der Waals surface area contributed by atoms with Crippen LogP contribution in [0.2, 0.25) is 0 Å². The number of aliphatic hydroxyl groups is 5. The Hall–Kier alpha value is -10.1. The molecular weight excluding hydrogens is 1600 g/mol. The van der Waals surface area contributed by atoms with E-state index in [0.717, 1.165) is 57.1 Å². The average Bonchev–Trinajstić information content (AvgIpc) is 1.50. The van der Waals surface area contributed by atoms with Crippen molar-refractivity contribution in [2.75, 3.05) is 5.75 Å². The number of aliphatic hydroxyl groups excluding tert-OH is 4. The van der Waals surface area contributed by atoms with Gasteiger partial charge >= 0.3 is 11.9 Å². The lowest BCUT2D eigenvalue weighted by molar-refractivity contribution is -0.134. The number of hydrogen-bond donors (Lipinski definition) is 17. The van der Waals surface area contributed by atoms with E-state index in [2.05, 4.69) is 87.9 Å². The number of pyridine rings is 1. The molecule has 42 heteroatoms. The number of thiazole rings is 4. The second-order valence-electron chi connectivity index (χ2n) is 27.7. The maximum atomic E-state index is 15.4. The summed E-state index contributed by atoms with van der Waals surface area (Å²) in [6, 6.07) is -11.1. The molecule has 0 unspecified atom stereocenters. The van der Waals surface area contributed by atoms with E-state index in [4.69, 9.17) is 36.9 Å². The number of ether oxygens (including phenoxy) is 1. The van der Waals surface area contributed by atoms with Gasteiger partial charge in [0.2, 0.25) is 29.5 Å². The number of aromatic nitrogens is 5. The molecule has 13 bridgehead atoms. The van der Waals surface area contributed by atoms with Crippen molar-refractivity contribution in [1.82, 2.24) is 83.4 Å². The van der Waals surface area contributed by atoms with Gasteiger partial charge in [0, 0.05) is 32.8 Å². The minimum atomic E-state index is -2.14. The summed E-state index contributed by atoms with van der Waals surface area (Å²) >= 11 is 10.8. The summed E-state index contributed by atoms with van der Waals surface area (Å²) in [4.78, 5) is 188. The molecule has 114 heavy (non-hydrogen) atoms. The molecule has 1 aliphatic carbocycles. The smallest absolute Gasteiger partial charge is 0.357 e. The number of carbonyl (C=O) groups is 11. The molecule has 4 aliphatic heterocycles. The lowest BCUT2D eigenvalue weighted by Crippen LogP contribution is -2.57. The lowest BCUT2D eigenvalue weighted by atomic mass is 9.80. The fourth-order valence-corrected chi connectivity index (χ4v) is 17.5. The zero-order chi connectivity index (χ0) is 83.4. The van der Waals surface area contributed by atoms with E-state index in [9.17, 15) is 73.8 Å². The van der Waals surface area contributed by atoms with E-state index < -0.39 is 190 Å². The van der Waals surface area contributed by atoms with Crippen LogP contribution in [0.15, 0.2) is 92.2 Å². The predicted octanol–water partition coefficient (Wildman–Crippen LogP) is 1.91. The van der Waals surface area contributed by atoms with Crippen molar-refractivity contribution in [2.24, 2.45) is 15.9 Å². The molecule has 9 heterocycles. The number of aliphatic carboxylic acids is 1. The number of thioether (sulfide) groups is 1. The molecule has 5 aromatic rings. The number of hydrogen-bond acceptors (Lipinski definition) is 31. The third-order valence-electron chi connectivity index (χ3n) is 19.4. The van der Waals surface area contributed by atoms with E-state index in [1.54, 1.807) is 26.0 Å². The third kappa shape index (κ3) is 18.8. The zero-order valence-electron chi connectivity index (χ0n) is 62.9. The molecule has 36 nitrogen and oxygen atoms in total. The van der Waals surface area contributed by atoms with Crippen molar-refractivity contribution >= 4 is 156 Å². The van der Waals surface area contributed by atoms with Crippen LogP contribution in [0.5, 0.6) is 0 Å². The van der Waals surface area contributed by atoms with Gasteiger partial charge in [0.05, 0.1) is 64.6 Å². The molecule has 606 valence electrons. The number of aliphatic imine (C=N–C) groups is 2. The number of allylic oxidation sites excluding steroid dienone is 1. The van der Waals surface area contributed by atoms with Crippen LogP contribution in [0.3, 0.4) is 0 Å². The van der Waals surface area contributed by atoms with Crippen LogP contribution >= 0.6 is 69.3 Å². The molecule has 5 aromatic heterocycles. The second kappa shape index (κ2) is 35.7. The minimum Gasteiger partial charge on any atom is -0.477 e. The molecule has 0 aromatic carbocycles. The molecule has 0 saturated carbocycles. The van der Waals surface area contributed by atoms with Crippen LogP contribution in [-0.4, -0.2) is 202 Å². The fraction of sp³-hybridized carbons (Fsp3) is 0.431. The number of nitrogens with zero attached hydrogens (tertiary/aromatic N) is 7. The molecule has 10 rings (SSSR count). The van der Waals surface area contributed by atoms with Crippen LogP contribution in [0, 0.1) is 5.92 Å². The number of rotatable bonds is 12. The Bertz CT molecular complexity index is 4890. The van der Waals surface area contributed by atoms with E-state index in [0.29, 0.717) is 6.42 Å². The number of thiocarbonyl (C=S) groups is 1. The number of fused-ring (bicyclic) bond motifs is 7. The minimum absolute atomic E-state index is 0.00605. The third-order valence-corrected chi connectivity index (χ3v) is 24.6. The van der Waals surface area contributed by atoms with Crippen molar-refractivity contribution in [1.29, 1.82) is 0 Å². The van der Waals surface area contributed by atoms with Crippen molar-refractivity contribution in [2.45, 2.75) is 185 Å². The monoisotopic (exact) mass is 1680 g/mol. The normalized spacial score (nSPS) is 26.9. The highest BCUT2D eigenvalue weighted by Crippen LogP contribution is 2.48. The molecule has 17 N–H and O–H groups in total. The van der Waals surface area contributed by atoms with Crippen LogP contribution in [0.25, 0.3) is 6.08 Å².